The van der Waals surface area contributed by atoms with Crippen LogP contribution in [0.3, 0.4) is 0 Å². The predicted octanol–water partition coefficient (Wildman–Crippen LogP) is 1.04. The molecule has 10 nitrogen and oxygen atoms in total. The van der Waals surface area contributed by atoms with Gasteiger partial charge in [-0.15, -0.1) is 15.3 Å². The van der Waals surface area contributed by atoms with Crippen LogP contribution in [-0.4, -0.2) is 52.9 Å². The van der Waals surface area contributed by atoms with Crippen molar-refractivity contribution in [2.75, 3.05) is 19.4 Å². The van der Waals surface area contributed by atoms with Gasteiger partial charge in [0.1, 0.15) is 22.9 Å². The fraction of sp³-hybridized carbons (Fsp3) is 0.389. The van der Waals surface area contributed by atoms with Gasteiger partial charge >= 0.3 is 0 Å². The number of aryl methyl sites for hydroxylation is 1. The molecule has 0 saturated heterocycles. The molecular weight excluding hydrogens is 358 g/mol. The summed E-state index contributed by atoms with van der Waals surface area (Å²) >= 11 is 0. The minimum atomic E-state index is 0.289. The van der Waals surface area contributed by atoms with Crippen LogP contribution in [0.25, 0.3) is 16.6 Å². The summed E-state index contributed by atoms with van der Waals surface area (Å²) in [5.41, 5.74) is 7.50. The van der Waals surface area contributed by atoms with Crippen LogP contribution in [0.4, 0.5) is 5.95 Å². The van der Waals surface area contributed by atoms with Gasteiger partial charge in [0.05, 0.1) is 20.2 Å². The number of aromatic nitrogens is 7. The third kappa shape index (κ3) is 2.56. The first-order valence-corrected chi connectivity index (χ1v) is 9.29. The fourth-order valence-electron chi connectivity index (χ4n) is 3.76. The van der Waals surface area contributed by atoms with E-state index in [4.69, 9.17) is 15.5 Å². The van der Waals surface area contributed by atoms with Crippen LogP contribution in [0.5, 0.6) is 5.75 Å². The number of nitrogens with zero attached hydrogens (tertiary/aromatic N) is 8. The van der Waals surface area contributed by atoms with Gasteiger partial charge in [-0.05, 0) is 12.1 Å². The molecule has 0 amide bonds. The van der Waals surface area contributed by atoms with Gasteiger partial charge in [-0.3, -0.25) is 4.90 Å². The Morgan fingerprint density at radius 1 is 1.18 bits per heavy atom. The maximum Gasteiger partial charge on any atom is 0.223 e. The molecule has 5 rings (SSSR count). The van der Waals surface area contributed by atoms with E-state index in [2.05, 4.69) is 36.7 Å². The van der Waals surface area contributed by atoms with Gasteiger partial charge in [0, 0.05) is 24.9 Å². The number of hydrogen-bond donors (Lipinski definition) is 1. The first-order chi connectivity index (χ1) is 13.7. The topological polar surface area (TPSA) is 112 Å². The van der Waals surface area contributed by atoms with Crippen LogP contribution in [-0.2, 0) is 26.1 Å². The standard InChI is InChI=1S/C18H21N9O/c1-3-14-22-23-15-10-25(7-8-26(14)15)9-13-20-17-11-5-4-6-12(28-2)16(11)21-18(19)27(17)24-13/h4-6H,3,7-10H2,1-2H3,(H2,19,21). The number of benzene rings is 1. The van der Waals surface area contributed by atoms with Gasteiger partial charge < -0.3 is 15.0 Å². The zero-order valence-corrected chi connectivity index (χ0v) is 15.8. The molecule has 1 aliphatic rings. The highest BCUT2D eigenvalue weighted by atomic mass is 16.5. The second kappa shape index (κ2) is 6.41. The number of nitrogen functional groups attached to an aromatic ring is 1. The zero-order chi connectivity index (χ0) is 19.3. The van der Waals surface area contributed by atoms with E-state index >= 15 is 0 Å². The number of rotatable bonds is 4. The van der Waals surface area contributed by atoms with Crippen molar-refractivity contribution in [1.82, 2.24) is 39.2 Å². The molecule has 0 saturated carbocycles. The number of para-hydroxylation sites is 1. The maximum absolute atomic E-state index is 6.13. The molecule has 4 heterocycles. The molecule has 0 unspecified atom stereocenters. The Bertz CT molecular complexity index is 1180. The normalized spacial score (nSPS) is 14.6. The van der Waals surface area contributed by atoms with Crippen LogP contribution in [0.1, 0.15) is 24.4 Å². The summed E-state index contributed by atoms with van der Waals surface area (Å²) in [6.45, 7) is 5.21. The van der Waals surface area contributed by atoms with E-state index in [1.807, 2.05) is 18.2 Å². The summed E-state index contributed by atoms with van der Waals surface area (Å²) in [7, 11) is 1.62. The molecule has 0 spiro atoms. The van der Waals surface area contributed by atoms with Crippen LogP contribution in [0.2, 0.25) is 0 Å². The van der Waals surface area contributed by atoms with E-state index in [1.54, 1.807) is 11.6 Å². The number of hydrogen-bond acceptors (Lipinski definition) is 8. The van der Waals surface area contributed by atoms with Crippen molar-refractivity contribution < 1.29 is 4.74 Å². The summed E-state index contributed by atoms with van der Waals surface area (Å²) < 4.78 is 9.20. The third-order valence-electron chi connectivity index (χ3n) is 5.14. The number of fused-ring (bicyclic) bond motifs is 4. The maximum atomic E-state index is 6.13. The predicted molar refractivity (Wildman–Crippen MR) is 103 cm³/mol. The molecule has 4 aromatic rings. The zero-order valence-electron chi connectivity index (χ0n) is 15.8. The highest BCUT2D eigenvalue weighted by Gasteiger charge is 2.22. The van der Waals surface area contributed by atoms with Crippen molar-refractivity contribution in [1.29, 1.82) is 0 Å². The molecule has 0 aliphatic carbocycles. The molecule has 144 valence electrons. The Hall–Kier alpha value is -3.27. The lowest BCUT2D eigenvalue weighted by Crippen LogP contribution is -2.34. The van der Waals surface area contributed by atoms with Crippen LogP contribution < -0.4 is 10.5 Å². The summed E-state index contributed by atoms with van der Waals surface area (Å²) in [4.78, 5) is 11.5. The van der Waals surface area contributed by atoms with Crippen LogP contribution in [0, 0.1) is 0 Å². The molecule has 0 radical (unpaired) electrons. The average Bonchev–Trinajstić information content (AvgIpc) is 3.31. The molecule has 1 aliphatic heterocycles. The average molecular weight is 379 g/mol. The fourth-order valence-corrected chi connectivity index (χ4v) is 3.76. The van der Waals surface area contributed by atoms with E-state index in [-0.39, 0.29) is 5.95 Å². The SMILES string of the molecule is CCc1nnc2n1CCN(Cc1nc3c4cccc(OC)c4nc(N)n3n1)C2. The first kappa shape index (κ1) is 16.9. The van der Waals surface area contributed by atoms with Gasteiger partial charge in [-0.1, -0.05) is 13.0 Å². The second-order valence-electron chi connectivity index (χ2n) is 6.84. The molecule has 0 fully saturated rings. The molecule has 2 N–H and O–H groups in total. The molecule has 1 aromatic carbocycles. The lowest BCUT2D eigenvalue weighted by Gasteiger charge is -2.26. The highest BCUT2D eigenvalue weighted by molar-refractivity contribution is 5.95. The lowest BCUT2D eigenvalue weighted by molar-refractivity contribution is 0.202. The minimum absolute atomic E-state index is 0.289. The van der Waals surface area contributed by atoms with Crippen molar-refractivity contribution in [3.63, 3.8) is 0 Å². The Morgan fingerprint density at radius 2 is 2.07 bits per heavy atom. The lowest BCUT2D eigenvalue weighted by atomic mass is 10.2. The summed E-state index contributed by atoms with van der Waals surface area (Å²) in [5.74, 6) is 3.69. The Kier molecular flexibility index (Phi) is 3.86. The van der Waals surface area contributed by atoms with Crippen molar-refractivity contribution in [3.8, 4) is 5.75 Å². The van der Waals surface area contributed by atoms with E-state index in [0.29, 0.717) is 29.3 Å². The van der Waals surface area contributed by atoms with E-state index in [1.165, 1.54) is 0 Å². The van der Waals surface area contributed by atoms with Crippen LogP contribution >= 0.6 is 0 Å². The molecule has 3 aromatic heterocycles. The summed E-state index contributed by atoms with van der Waals surface area (Å²) in [6, 6.07) is 5.72. The van der Waals surface area contributed by atoms with Gasteiger partial charge in [-0.25, -0.2) is 9.97 Å². The van der Waals surface area contributed by atoms with Crippen molar-refractivity contribution >= 4 is 22.5 Å². The third-order valence-corrected chi connectivity index (χ3v) is 5.14. The molecule has 0 bridgehead atoms. The number of nitrogens with two attached hydrogens (primary N) is 1. The largest absolute Gasteiger partial charge is 0.494 e. The Labute approximate surface area is 161 Å². The molecule has 28 heavy (non-hydrogen) atoms. The number of ether oxygens (including phenoxy) is 1. The van der Waals surface area contributed by atoms with Gasteiger partial charge in [0.2, 0.25) is 5.95 Å². The van der Waals surface area contributed by atoms with Crippen molar-refractivity contribution in [2.24, 2.45) is 0 Å². The quantitative estimate of drug-likeness (QED) is 0.560. The number of methoxy groups -OCH3 is 1. The smallest absolute Gasteiger partial charge is 0.223 e. The Balaban J connectivity index is 1.49. The minimum Gasteiger partial charge on any atom is -0.494 e. The molecule has 10 heteroatoms. The summed E-state index contributed by atoms with van der Waals surface area (Å²) in [5, 5.41) is 14.0. The first-order valence-electron chi connectivity index (χ1n) is 9.29. The van der Waals surface area contributed by atoms with Crippen molar-refractivity contribution in [2.45, 2.75) is 33.0 Å². The van der Waals surface area contributed by atoms with E-state index in [0.717, 1.165) is 43.1 Å². The molecule has 0 atom stereocenters. The highest BCUT2D eigenvalue weighted by Crippen LogP contribution is 2.27. The van der Waals surface area contributed by atoms with Crippen molar-refractivity contribution in [3.05, 3.63) is 35.7 Å². The summed E-state index contributed by atoms with van der Waals surface area (Å²) in [6.07, 6.45) is 0.893. The van der Waals surface area contributed by atoms with Gasteiger partial charge in [0.25, 0.3) is 0 Å². The van der Waals surface area contributed by atoms with E-state index in [9.17, 15) is 0 Å². The second-order valence-corrected chi connectivity index (χ2v) is 6.84. The molecular formula is C18H21N9O. The monoisotopic (exact) mass is 379 g/mol. The number of anilines is 1. The van der Waals surface area contributed by atoms with Gasteiger partial charge in [0.15, 0.2) is 11.5 Å². The van der Waals surface area contributed by atoms with E-state index < -0.39 is 0 Å². The van der Waals surface area contributed by atoms with Crippen LogP contribution in [0.15, 0.2) is 18.2 Å². The Morgan fingerprint density at radius 3 is 2.89 bits per heavy atom. The van der Waals surface area contributed by atoms with Gasteiger partial charge in [-0.2, -0.15) is 4.52 Å².